The molecule has 1 heterocycles. The van der Waals surface area contributed by atoms with Crippen LogP contribution in [-0.4, -0.2) is 31.2 Å². The van der Waals surface area contributed by atoms with Crippen molar-refractivity contribution in [3.05, 3.63) is 77.2 Å². The maximum Gasteiger partial charge on any atom is 0.220 e. The largest absolute Gasteiger partial charge is 0.399 e. The Bertz CT molecular complexity index is 1340. The van der Waals surface area contributed by atoms with E-state index in [-0.39, 0.29) is 0 Å². The Labute approximate surface area is 195 Å². The van der Waals surface area contributed by atoms with Crippen LogP contribution in [0.2, 0.25) is 0 Å². The Morgan fingerprint density at radius 1 is 0.939 bits per heavy atom. The van der Waals surface area contributed by atoms with E-state index in [1.165, 1.54) is 0 Å². The van der Waals surface area contributed by atoms with Gasteiger partial charge in [-0.3, -0.25) is 0 Å². The van der Waals surface area contributed by atoms with Crippen LogP contribution in [0.4, 0.5) is 11.4 Å². The van der Waals surface area contributed by atoms with Crippen LogP contribution < -0.4 is 10.3 Å². The van der Waals surface area contributed by atoms with Gasteiger partial charge in [-0.05, 0) is 49.7 Å². The van der Waals surface area contributed by atoms with Crippen molar-refractivity contribution in [2.45, 2.75) is 26.8 Å². The van der Waals surface area contributed by atoms with Gasteiger partial charge in [-0.25, -0.2) is 0 Å². The lowest BCUT2D eigenvalue weighted by atomic mass is 9.98. The average Bonchev–Trinajstić information content (AvgIpc) is 2.84. The first-order chi connectivity index (χ1) is 16.0. The Hall–Kier alpha value is -3.60. The number of hydrogen-bond donors (Lipinski definition) is 1. The zero-order valence-corrected chi connectivity index (χ0v) is 19.7. The zero-order chi connectivity index (χ0) is 23.4. The number of aromatic nitrogens is 1. The van der Waals surface area contributed by atoms with Gasteiger partial charge in [-0.1, -0.05) is 35.4 Å². The summed E-state index contributed by atoms with van der Waals surface area (Å²) in [5.41, 5.74) is 20.0. The predicted octanol–water partition coefficient (Wildman–Crippen LogP) is 6.35. The topological polar surface area (TPSA) is 78.7 Å². The van der Waals surface area contributed by atoms with Gasteiger partial charge in [0, 0.05) is 33.3 Å². The molecule has 3 aromatic carbocycles. The molecule has 0 aliphatic carbocycles. The first-order valence-corrected chi connectivity index (χ1v) is 11.6. The highest BCUT2D eigenvalue weighted by molar-refractivity contribution is 6.10. The minimum atomic E-state index is 0.615. The fourth-order valence-corrected chi connectivity index (χ4v) is 4.63. The van der Waals surface area contributed by atoms with Crippen molar-refractivity contribution in [2.75, 3.05) is 32.4 Å². The zero-order valence-electron chi connectivity index (χ0n) is 19.7. The van der Waals surface area contributed by atoms with Gasteiger partial charge in [0.1, 0.15) is 0 Å². The number of nitrogens with zero attached hydrogens (tertiary/aromatic N) is 5. The van der Waals surface area contributed by atoms with E-state index in [9.17, 15) is 0 Å². The van der Waals surface area contributed by atoms with Crippen molar-refractivity contribution < 1.29 is 9.05 Å². The summed E-state index contributed by atoms with van der Waals surface area (Å²) >= 11 is 0. The highest BCUT2D eigenvalue weighted by Crippen LogP contribution is 2.34. The molecule has 0 saturated carbocycles. The third kappa shape index (κ3) is 4.49. The van der Waals surface area contributed by atoms with E-state index in [1.54, 1.807) is 0 Å². The molecule has 0 fully saturated rings. The van der Waals surface area contributed by atoms with Gasteiger partial charge in [0.15, 0.2) is 6.54 Å². The molecule has 6 nitrogen and oxygen atoms in total. The van der Waals surface area contributed by atoms with Crippen LogP contribution in [-0.2, 0) is 6.54 Å². The SMILES string of the molecule is CC[N+](C)(CC)CCC[n+]1c(-c2ccccc2)c2cc(N=[N+]=[N-])ccc2c2ccc(N)cc21. The molecule has 1 aromatic heterocycles. The summed E-state index contributed by atoms with van der Waals surface area (Å²) in [6.45, 7) is 8.74. The molecule has 4 rings (SSSR count). The molecule has 0 unspecified atom stereocenters. The highest BCUT2D eigenvalue weighted by atomic mass is 15.3. The van der Waals surface area contributed by atoms with E-state index in [4.69, 9.17) is 11.3 Å². The summed E-state index contributed by atoms with van der Waals surface area (Å²) in [6.07, 6.45) is 1.05. The number of hydrogen-bond acceptors (Lipinski definition) is 2. The summed E-state index contributed by atoms with van der Waals surface area (Å²) in [6, 6.07) is 22.5. The summed E-state index contributed by atoms with van der Waals surface area (Å²) in [5.74, 6) is 0. The fraction of sp³-hybridized carbons (Fsp3) is 0.296. The molecule has 0 radical (unpaired) electrons. The number of azide groups is 1. The summed E-state index contributed by atoms with van der Waals surface area (Å²) < 4.78 is 3.45. The van der Waals surface area contributed by atoms with E-state index in [1.807, 2.05) is 24.3 Å². The number of rotatable bonds is 8. The third-order valence-corrected chi connectivity index (χ3v) is 6.94. The van der Waals surface area contributed by atoms with Crippen LogP contribution in [0.5, 0.6) is 0 Å². The monoisotopic (exact) mass is 440 g/mol. The second kappa shape index (κ2) is 9.49. The summed E-state index contributed by atoms with van der Waals surface area (Å²) in [4.78, 5) is 3.01. The molecule has 168 valence electrons. The molecule has 6 heteroatoms. The molecular formula is C27H32N6+2. The predicted molar refractivity (Wildman–Crippen MR) is 137 cm³/mol. The first kappa shape index (κ1) is 22.6. The normalized spacial score (nSPS) is 11.6. The second-order valence-electron chi connectivity index (χ2n) is 8.89. The molecule has 0 amide bonds. The number of pyridine rings is 1. The number of aryl methyl sites for hydroxylation is 1. The number of nitrogens with two attached hydrogens (primary N) is 1. The van der Waals surface area contributed by atoms with Crippen molar-refractivity contribution in [1.82, 2.24) is 0 Å². The first-order valence-electron chi connectivity index (χ1n) is 11.6. The molecule has 0 atom stereocenters. The number of fused-ring (bicyclic) bond motifs is 3. The molecule has 0 saturated heterocycles. The van der Waals surface area contributed by atoms with Crippen LogP contribution in [0.25, 0.3) is 43.4 Å². The molecular weight excluding hydrogens is 408 g/mol. The minimum Gasteiger partial charge on any atom is -0.399 e. The van der Waals surface area contributed by atoms with E-state index in [0.717, 1.165) is 75.7 Å². The molecule has 0 aliphatic rings. The van der Waals surface area contributed by atoms with Crippen LogP contribution in [0, 0.1) is 0 Å². The third-order valence-electron chi connectivity index (χ3n) is 6.94. The van der Waals surface area contributed by atoms with Crippen LogP contribution in [0.3, 0.4) is 0 Å². The number of quaternary nitrogens is 1. The van der Waals surface area contributed by atoms with Gasteiger partial charge in [-0.2, -0.15) is 4.57 Å². The lowest BCUT2D eigenvalue weighted by Gasteiger charge is -2.31. The van der Waals surface area contributed by atoms with Gasteiger partial charge >= 0.3 is 0 Å². The quantitative estimate of drug-likeness (QED) is 0.0647. The molecule has 4 aromatic rings. The Morgan fingerprint density at radius 3 is 2.36 bits per heavy atom. The van der Waals surface area contributed by atoms with Crippen molar-refractivity contribution in [3.63, 3.8) is 0 Å². The van der Waals surface area contributed by atoms with Crippen LogP contribution in [0.1, 0.15) is 20.3 Å². The van der Waals surface area contributed by atoms with Crippen molar-refractivity contribution in [1.29, 1.82) is 0 Å². The molecule has 2 N–H and O–H groups in total. The van der Waals surface area contributed by atoms with E-state index >= 15 is 0 Å². The second-order valence-corrected chi connectivity index (χ2v) is 8.89. The summed E-state index contributed by atoms with van der Waals surface area (Å²) in [7, 11) is 2.32. The van der Waals surface area contributed by atoms with Gasteiger partial charge in [0.2, 0.25) is 11.2 Å². The maximum atomic E-state index is 9.01. The van der Waals surface area contributed by atoms with Gasteiger partial charge in [0.05, 0.1) is 43.9 Å². The van der Waals surface area contributed by atoms with E-state index in [0.29, 0.717) is 5.69 Å². The van der Waals surface area contributed by atoms with Gasteiger partial charge in [-0.15, -0.1) is 0 Å². The van der Waals surface area contributed by atoms with Crippen LogP contribution in [0.15, 0.2) is 71.8 Å². The Balaban J connectivity index is 2.01. The van der Waals surface area contributed by atoms with Crippen molar-refractivity contribution >= 4 is 33.1 Å². The lowest BCUT2D eigenvalue weighted by molar-refractivity contribution is -0.908. The lowest BCUT2D eigenvalue weighted by Crippen LogP contribution is -2.46. The van der Waals surface area contributed by atoms with Crippen LogP contribution >= 0.6 is 0 Å². The highest BCUT2D eigenvalue weighted by Gasteiger charge is 2.25. The van der Waals surface area contributed by atoms with Gasteiger partial charge in [0.25, 0.3) is 0 Å². The Kier molecular flexibility index (Phi) is 6.50. The van der Waals surface area contributed by atoms with Crippen molar-refractivity contribution in [2.24, 2.45) is 5.11 Å². The van der Waals surface area contributed by atoms with Gasteiger partial charge < -0.3 is 10.2 Å². The number of nitrogen functional groups attached to an aromatic ring is 1. The molecule has 0 aliphatic heterocycles. The standard InChI is InChI=1S/C27H31N6/c1-4-33(3,5-2)17-9-16-32-26-18-21(28)12-14-24(26)23-15-13-22(30-31-29)19-25(23)27(32)20-10-7-6-8-11-20/h6-8,10-15,18-19,28H,4-5,9,16-17H2,1-3H3/q+1/p+1. The maximum absolute atomic E-state index is 9.01. The van der Waals surface area contributed by atoms with E-state index < -0.39 is 0 Å². The van der Waals surface area contributed by atoms with E-state index in [2.05, 4.69) is 78.0 Å². The Morgan fingerprint density at radius 2 is 1.67 bits per heavy atom. The molecule has 33 heavy (non-hydrogen) atoms. The smallest absolute Gasteiger partial charge is 0.220 e. The fourth-order valence-electron chi connectivity index (χ4n) is 4.63. The average molecular weight is 441 g/mol. The molecule has 0 spiro atoms. The number of benzene rings is 3. The molecule has 0 bridgehead atoms. The van der Waals surface area contributed by atoms with Crippen molar-refractivity contribution in [3.8, 4) is 11.3 Å². The number of anilines is 1. The minimum absolute atomic E-state index is 0.615. The summed E-state index contributed by atoms with van der Waals surface area (Å²) in [5, 5.41) is 7.23.